The molecule has 1 heterocycles. The van der Waals surface area contributed by atoms with Crippen molar-refractivity contribution < 1.29 is 9.59 Å². The number of ketones is 1. The van der Waals surface area contributed by atoms with Crippen LogP contribution in [0.4, 0.5) is 0 Å². The fourth-order valence-electron chi connectivity index (χ4n) is 3.75. The van der Waals surface area contributed by atoms with Gasteiger partial charge in [0.25, 0.3) is 0 Å². The summed E-state index contributed by atoms with van der Waals surface area (Å²) in [6, 6.07) is 8.47. The normalized spacial score (nSPS) is 17.2. The van der Waals surface area contributed by atoms with Gasteiger partial charge < -0.3 is 10.2 Å². The van der Waals surface area contributed by atoms with Crippen LogP contribution in [0.1, 0.15) is 74.2 Å². The highest BCUT2D eigenvalue weighted by atomic mass is 35.5. The summed E-state index contributed by atoms with van der Waals surface area (Å²) in [5, 5.41) is 3.64. The molecule has 3 rings (SSSR count). The zero-order chi connectivity index (χ0) is 19.1. The number of halogens is 1. The van der Waals surface area contributed by atoms with Gasteiger partial charge in [-0.25, -0.2) is 0 Å². The maximum atomic E-state index is 12.4. The molecule has 1 aromatic carbocycles. The van der Waals surface area contributed by atoms with Crippen LogP contribution in [0.2, 0.25) is 0 Å². The first-order valence-corrected chi connectivity index (χ1v) is 10.8. The van der Waals surface area contributed by atoms with Gasteiger partial charge in [0, 0.05) is 37.5 Å². The predicted molar refractivity (Wildman–Crippen MR) is 116 cm³/mol. The number of piperidine rings is 1. The van der Waals surface area contributed by atoms with Gasteiger partial charge >= 0.3 is 0 Å². The molecule has 0 atom stereocenters. The molecule has 1 aromatic rings. The SMILES string of the molecule is CCCCc1ccc(C(=O)CCC(=O)N2CCC(NCC3CC3)CC2)cc1.Cl. The number of benzene rings is 1. The Morgan fingerprint density at radius 1 is 1.04 bits per heavy atom. The Morgan fingerprint density at radius 3 is 2.32 bits per heavy atom. The van der Waals surface area contributed by atoms with E-state index in [2.05, 4.69) is 12.2 Å². The average Bonchev–Trinajstić information content (AvgIpc) is 3.54. The van der Waals surface area contributed by atoms with Gasteiger partial charge in [0.2, 0.25) is 5.91 Å². The van der Waals surface area contributed by atoms with Crippen molar-refractivity contribution in [2.45, 2.75) is 70.8 Å². The highest BCUT2D eigenvalue weighted by Crippen LogP contribution is 2.28. The lowest BCUT2D eigenvalue weighted by Crippen LogP contribution is -2.45. The minimum Gasteiger partial charge on any atom is -0.343 e. The molecule has 1 amide bonds. The molecular weight excluding hydrogens is 372 g/mol. The van der Waals surface area contributed by atoms with Crippen molar-refractivity contribution in [3.8, 4) is 0 Å². The third-order valence-corrected chi connectivity index (χ3v) is 5.90. The van der Waals surface area contributed by atoms with Gasteiger partial charge in [-0.15, -0.1) is 12.4 Å². The minimum absolute atomic E-state index is 0. The molecule has 0 aromatic heterocycles. The van der Waals surface area contributed by atoms with Crippen molar-refractivity contribution in [3.05, 3.63) is 35.4 Å². The summed E-state index contributed by atoms with van der Waals surface area (Å²) in [6.07, 6.45) is 8.88. The summed E-state index contributed by atoms with van der Waals surface area (Å²) < 4.78 is 0. The van der Waals surface area contributed by atoms with E-state index in [1.165, 1.54) is 31.2 Å². The molecular formula is C23H35ClN2O2. The number of rotatable bonds is 10. The molecule has 4 nitrogen and oxygen atoms in total. The quantitative estimate of drug-likeness (QED) is 0.585. The Labute approximate surface area is 175 Å². The van der Waals surface area contributed by atoms with Crippen molar-refractivity contribution in [1.29, 1.82) is 0 Å². The van der Waals surface area contributed by atoms with Crippen molar-refractivity contribution >= 4 is 24.1 Å². The molecule has 0 radical (unpaired) electrons. The van der Waals surface area contributed by atoms with E-state index in [9.17, 15) is 9.59 Å². The van der Waals surface area contributed by atoms with E-state index < -0.39 is 0 Å². The molecule has 1 aliphatic carbocycles. The first-order valence-electron chi connectivity index (χ1n) is 10.8. The van der Waals surface area contributed by atoms with Crippen LogP contribution in [0.3, 0.4) is 0 Å². The van der Waals surface area contributed by atoms with E-state index in [1.54, 1.807) is 0 Å². The number of Topliss-reactive ketones (excluding diaryl/α,β-unsaturated/α-hetero) is 1. The van der Waals surface area contributed by atoms with Crippen LogP contribution in [0, 0.1) is 5.92 Å². The number of aryl methyl sites for hydroxylation is 1. The summed E-state index contributed by atoms with van der Waals surface area (Å²) in [5.74, 6) is 1.10. The first-order chi connectivity index (χ1) is 13.2. The van der Waals surface area contributed by atoms with Gasteiger partial charge in [-0.2, -0.15) is 0 Å². The number of carbonyl (C=O) groups is 2. The maximum Gasteiger partial charge on any atom is 0.223 e. The van der Waals surface area contributed by atoms with E-state index >= 15 is 0 Å². The number of hydrogen-bond donors (Lipinski definition) is 1. The number of nitrogens with one attached hydrogen (secondary N) is 1. The van der Waals surface area contributed by atoms with Crippen molar-refractivity contribution in [1.82, 2.24) is 10.2 Å². The van der Waals surface area contributed by atoms with Crippen LogP contribution < -0.4 is 5.32 Å². The fraction of sp³-hybridized carbons (Fsp3) is 0.652. The molecule has 1 saturated carbocycles. The zero-order valence-electron chi connectivity index (χ0n) is 17.1. The summed E-state index contributed by atoms with van der Waals surface area (Å²) in [7, 11) is 0. The topological polar surface area (TPSA) is 49.4 Å². The number of carbonyl (C=O) groups excluding carboxylic acids is 2. The van der Waals surface area contributed by atoms with Crippen LogP contribution in [0.15, 0.2) is 24.3 Å². The summed E-state index contributed by atoms with van der Waals surface area (Å²) in [5.41, 5.74) is 2.01. The van der Waals surface area contributed by atoms with Crippen LogP contribution in [0.25, 0.3) is 0 Å². The Bertz CT molecular complexity index is 620. The molecule has 2 aliphatic rings. The van der Waals surface area contributed by atoms with E-state index in [4.69, 9.17) is 0 Å². The highest BCUT2D eigenvalue weighted by molar-refractivity contribution is 5.98. The third-order valence-electron chi connectivity index (χ3n) is 5.90. The average molecular weight is 407 g/mol. The molecule has 0 spiro atoms. The summed E-state index contributed by atoms with van der Waals surface area (Å²) >= 11 is 0. The molecule has 5 heteroatoms. The van der Waals surface area contributed by atoms with E-state index in [0.717, 1.165) is 50.4 Å². The second kappa shape index (κ2) is 11.6. The van der Waals surface area contributed by atoms with E-state index in [1.807, 2.05) is 29.2 Å². The Balaban J connectivity index is 0.00000280. The van der Waals surface area contributed by atoms with Crippen molar-refractivity contribution in [2.75, 3.05) is 19.6 Å². The Kier molecular flexibility index (Phi) is 9.46. The standard InChI is InChI=1S/C23H34N2O2.ClH/c1-2-3-4-18-7-9-20(10-8-18)22(26)11-12-23(27)25-15-13-21(14-16-25)24-17-19-5-6-19;/h7-10,19,21,24H,2-6,11-17H2,1H3;1H. The van der Waals surface area contributed by atoms with Gasteiger partial charge in [0.1, 0.15) is 0 Å². The number of likely N-dealkylation sites (tertiary alicyclic amines) is 1. The fourth-order valence-corrected chi connectivity index (χ4v) is 3.75. The molecule has 2 fully saturated rings. The van der Waals surface area contributed by atoms with Crippen molar-refractivity contribution in [2.24, 2.45) is 5.92 Å². The van der Waals surface area contributed by atoms with Crippen LogP contribution in [0.5, 0.6) is 0 Å². The maximum absolute atomic E-state index is 12.4. The zero-order valence-corrected chi connectivity index (χ0v) is 17.9. The molecule has 1 N–H and O–H groups in total. The van der Waals surface area contributed by atoms with E-state index in [0.29, 0.717) is 18.9 Å². The molecule has 0 unspecified atom stereocenters. The van der Waals surface area contributed by atoms with E-state index in [-0.39, 0.29) is 24.1 Å². The molecule has 28 heavy (non-hydrogen) atoms. The summed E-state index contributed by atoms with van der Waals surface area (Å²) in [4.78, 5) is 26.8. The van der Waals surface area contributed by atoms with Gasteiger partial charge in [-0.3, -0.25) is 9.59 Å². The highest BCUT2D eigenvalue weighted by Gasteiger charge is 2.26. The monoisotopic (exact) mass is 406 g/mol. The third kappa shape index (κ3) is 7.21. The van der Waals surface area contributed by atoms with Gasteiger partial charge in [0.15, 0.2) is 5.78 Å². The van der Waals surface area contributed by atoms with Crippen LogP contribution >= 0.6 is 12.4 Å². The number of nitrogens with zero attached hydrogens (tertiary/aromatic N) is 1. The van der Waals surface area contributed by atoms with Crippen molar-refractivity contribution in [3.63, 3.8) is 0 Å². The largest absolute Gasteiger partial charge is 0.343 e. The second-order valence-electron chi connectivity index (χ2n) is 8.23. The number of amides is 1. The molecule has 0 bridgehead atoms. The second-order valence-corrected chi connectivity index (χ2v) is 8.23. The lowest BCUT2D eigenvalue weighted by atomic mass is 10.0. The van der Waals surface area contributed by atoms with Gasteiger partial charge in [-0.1, -0.05) is 37.6 Å². The minimum atomic E-state index is 0. The lowest BCUT2D eigenvalue weighted by Gasteiger charge is -2.32. The van der Waals surface area contributed by atoms with Crippen LogP contribution in [-0.4, -0.2) is 42.3 Å². The summed E-state index contributed by atoms with van der Waals surface area (Å²) in [6.45, 7) is 4.97. The number of unbranched alkanes of at least 4 members (excludes halogenated alkanes) is 1. The molecule has 156 valence electrons. The molecule has 1 aliphatic heterocycles. The Hall–Kier alpha value is -1.39. The lowest BCUT2D eigenvalue weighted by molar-refractivity contribution is -0.132. The smallest absolute Gasteiger partial charge is 0.223 e. The first kappa shape index (κ1) is 22.9. The number of hydrogen-bond acceptors (Lipinski definition) is 3. The molecule has 1 saturated heterocycles. The predicted octanol–water partition coefficient (Wildman–Crippen LogP) is 4.40. The van der Waals surface area contributed by atoms with Crippen LogP contribution in [-0.2, 0) is 11.2 Å². The van der Waals surface area contributed by atoms with Gasteiger partial charge in [-0.05, 0) is 56.6 Å². The van der Waals surface area contributed by atoms with Gasteiger partial charge in [0.05, 0.1) is 0 Å². The Morgan fingerprint density at radius 2 is 1.71 bits per heavy atom.